The highest BCUT2D eigenvalue weighted by molar-refractivity contribution is 5.94. The second-order valence-corrected chi connectivity index (χ2v) is 8.07. The molecule has 2 heterocycles. The summed E-state index contributed by atoms with van der Waals surface area (Å²) in [6.07, 6.45) is -9.07. The Balaban J connectivity index is 1.57. The van der Waals surface area contributed by atoms with Gasteiger partial charge in [-0.25, -0.2) is 0 Å². The summed E-state index contributed by atoms with van der Waals surface area (Å²) in [6, 6.07) is 7.82. The van der Waals surface area contributed by atoms with Gasteiger partial charge in [-0.2, -0.15) is 31.3 Å². The molecule has 1 fully saturated rings. The van der Waals surface area contributed by atoms with Gasteiger partial charge in [-0.1, -0.05) is 17.3 Å². The minimum Gasteiger partial charge on any atom is -0.497 e. The number of amides is 1. The zero-order valence-electron chi connectivity index (χ0n) is 18.3. The Morgan fingerprint density at radius 2 is 1.74 bits per heavy atom. The smallest absolute Gasteiger partial charge is 0.416 e. The second-order valence-electron chi connectivity index (χ2n) is 8.07. The zero-order chi connectivity index (χ0) is 25.4. The number of nitrogens with zero attached hydrogens (tertiary/aromatic N) is 3. The predicted molar refractivity (Wildman–Crippen MR) is 111 cm³/mol. The third kappa shape index (κ3) is 5.41. The molecule has 0 aliphatic carbocycles. The highest BCUT2D eigenvalue weighted by atomic mass is 19.4. The molecule has 1 aliphatic heterocycles. The summed E-state index contributed by atoms with van der Waals surface area (Å²) >= 11 is 0. The molecular weight excluding hydrogens is 480 g/mol. The van der Waals surface area contributed by atoms with Crippen LogP contribution in [0.1, 0.15) is 46.1 Å². The predicted octanol–water partition coefficient (Wildman–Crippen LogP) is 5.80. The van der Waals surface area contributed by atoms with Gasteiger partial charge in [0.1, 0.15) is 5.75 Å². The fourth-order valence-electron chi connectivity index (χ4n) is 3.90. The van der Waals surface area contributed by atoms with Crippen molar-refractivity contribution in [3.05, 3.63) is 65.0 Å². The van der Waals surface area contributed by atoms with E-state index in [9.17, 15) is 31.1 Å². The third-order valence-electron chi connectivity index (χ3n) is 5.66. The average molecular weight is 499 g/mol. The zero-order valence-corrected chi connectivity index (χ0v) is 18.3. The molecule has 1 amide bonds. The Morgan fingerprint density at radius 3 is 2.37 bits per heavy atom. The van der Waals surface area contributed by atoms with Gasteiger partial charge in [-0.15, -0.1) is 0 Å². The van der Waals surface area contributed by atoms with Crippen LogP contribution < -0.4 is 4.74 Å². The molecule has 0 radical (unpaired) electrons. The Hall–Kier alpha value is -3.57. The van der Waals surface area contributed by atoms with E-state index in [-0.39, 0.29) is 30.9 Å². The lowest BCUT2D eigenvalue weighted by Crippen LogP contribution is -2.39. The quantitative estimate of drug-likeness (QED) is 0.425. The normalized spacial score (nSPS) is 16.9. The summed E-state index contributed by atoms with van der Waals surface area (Å²) in [5, 5.41) is 3.95. The lowest BCUT2D eigenvalue weighted by atomic mass is 9.96. The maximum atomic E-state index is 13.2. The fraction of sp³-hybridized carbons (Fsp3) is 0.348. The van der Waals surface area contributed by atoms with Crippen LogP contribution >= 0.6 is 0 Å². The van der Waals surface area contributed by atoms with Crippen molar-refractivity contribution in [2.24, 2.45) is 0 Å². The molecule has 4 rings (SSSR count). The molecule has 2 aromatic carbocycles. The van der Waals surface area contributed by atoms with E-state index >= 15 is 0 Å². The topological polar surface area (TPSA) is 68.5 Å². The summed E-state index contributed by atoms with van der Waals surface area (Å²) in [6.45, 7) is 0.181. The van der Waals surface area contributed by atoms with Gasteiger partial charge in [0.25, 0.3) is 5.91 Å². The molecular formula is C23H19F6N3O3. The van der Waals surface area contributed by atoms with E-state index in [1.807, 2.05) is 0 Å². The van der Waals surface area contributed by atoms with Gasteiger partial charge in [0.2, 0.25) is 11.7 Å². The SMILES string of the molecule is COc1cccc(-c2noc(C3CCCN(C(=O)c4cc(C(F)(F)F)cc(C(F)(F)F)c4)C3)n2)c1. The summed E-state index contributed by atoms with van der Waals surface area (Å²) in [5.41, 5.74) is -3.13. The van der Waals surface area contributed by atoms with Gasteiger partial charge in [0, 0.05) is 24.2 Å². The number of alkyl halides is 6. The van der Waals surface area contributed by atoms with Gasteiger partial charge in [0.05, 0.1) is 24.2 Å². The van der Waals surface area contributed by atoms with Crippen molar-refractivity contribution in [1.29, 1.82) is 0 Å². The van der Waals surface area contributed by atoms with Crippen molar-refractivity contribution >= 4 is 5.91 Å². The molecule has 3 aromatic rings. The van der Waals surface area contributed by atoms with Crippen LogP contribution in [0.15, 0.2) is 47.0 Å². The van der Waals surface area contributed by atoms with Crippen molar-refractivity contribution in [2.45, 2.75) is 31.1 Å². The van der Waals surface area contributed by atoms with Crippen LogP contribution in [-0.4, -0.2) is 41.1 Å². The summed E-state index contributed by atoms with van der Waals surface area (Å²) in [5.74, 6) is -0.260. The molecule has 1 atom stereocenters. The van der Waals surface area contributed by atoms with Crippen LogP contribution in [0, 0.1) is 0 Å². The Bertz CT molecular complexity index is 1190. The van der Waals surface area contributed by atoms with Crippen LogP contribution in [0.5, 0.6) is 5.75 Å². The molecule has 1 saturated heterocycles. The first kappa shape index (κ1) is 24.6. The van der Waals surface area contributed by atoms with Crippen LogP contribution in [-0.2, 0) is 12.4 Å². The number of carbonyl (C=O) groups excluding carboxylic acids is 1. The van der Waals surface area contributed by atoms with Crippen molar-refractivity contribution in [1.82, 2.24) is 15.0 Å². The van der Waals surface area contributed by atoms with Crippen LogP contribution in [0.25, 0.3) is 11.4 Å². The molecule has 1 aromatic heterocycles. The molecule has 12 heteroatoms. The largest absolute Gasteiger partial charge is 0.497 e. The van der Waals surface area contributed by atoms with Crippen LogP contribution in [0.2, 0.25) is 0 Å². The number of methoxy groups -OCH3 is 1. The third-order valence-corrected chi connectivity index (χ3v) is 5.66. The molecule has 6 nitrogen and oxygen atoms in total. The molecule has 0 bridgehead atoms. The molecule has 35 heavy (non-hydrogen) atoms. The number of halogens is 6. The molecule has 1 aliphatic rings. The number of ether oxygens (including phenoxy) is 1. The van der Waals surface area contributed by atoms with Crippen LogP contribution in [0.4, 0.5) is 26.3 Å². The molecule has 0 N–H and O–H groups in total. The Morgan fingerprint density at radius 1 is 1.06 bits per heavy atom. The summed E-state index contributed by atoms with van der Waals surface area (Å²) in [4.78, 5) is 18.5. The standard InChI is InChI=1S/C23H19F6N3O3/c1-34-18-6-2-4-13(10-18)19-30-20(35-31-19)14-5-3-7-32(12-14)21(33)15-8-16(22(24,25)26)11-17(9-15)23(27,28)29/h2,4,6,8-11,14H,3,5,7,12H2,1H3. The van der Waals surface area contributed by atoms with Gasteiger partial charge >= 0.3 is 12.4 Å². The number of rotatable bonds is 4. The first-order chi connectivity index (χ1) is 16.5. The van der Waals surface area contributed by atoms with Gasteiger partial charge in [-0.05, 0) is 43.2 Å². The maximum Gasteiger partial charge on any atom is 0.416 e. The lowest BCUT2D eigenvalue weighted by Gasteiger charge is -2.31. The van der Waals surface area contributed by atoms with Crippen molar-refractivity contribution < 1.29 is 40.4 Å². The first-order valence-corrected chi connectivity index (χ1v) is 10.5. The van der Waals surface area contributed by atoms with Crippen molar-refractivity contribution in [2.75, 3.05) is 20.2 Å². The summed E-state index contributed by atoms with van der Waals surface area (Å²) in [7, 11) is 1.51. The maximum absolute atomic E-state index is 13.2. The van der Waals surface area contributed by atoms with Crippen molar-refractivity contribution in [3.8, 4) is 17.1 Å². The van der Waals surface area contributed by atoms with E-state index in [1.165, 1.54) is 12.0 Å². The number of piperidine rings is 1. The number of carbonyl (C=O) groups is 1. The highest BCUT2D eigenvalue weighted by Crippen LogP contribution is 2.37. The number of likely N-dealkylation sites (tertiary alicyclic amines) is 1. The molecule has 0 saturated carbocycles. The Kier molecular flexibility index (Phi) is 6.48. The molecule has 186 valence electrons. The van der Waals surface area contributed by atoms with E-state index in [0.29, 0.717) is 36.3 Å². The molecule has 1 unspecified atom stereocenters. The van der Waals surface area contributed by atoms with E-state index < -0.39 is 40.9 Å². The highest BCUT2D eigenvalue weighted by Gasteiger charge is 2.38. The van der Waals surface area contributed by atoms with Crippen LogP contribution in [0.3, 0.4) is 0 Å². The van der Waals surface area contributed by atoms with Gasteiger partial charge < -0.3 is 14.2 Å². The van der Waals surface area contributed by atoms with E-state index in [2.05, 4.69) is 10.1 Å². The van der Waals surface area contributed by atoms with E-state index in [1.54, 1.807) is 24.3 Å². The minimum atomic E-state index is -5.04. The number of hydrogen-bond acceptors (Lipinski definition) is 5. The fourth-order valence-corrected chi connectivity index (χ4v) is 3.90. The van der Waals surface area contributed by atoms with E-state index in [4.69, 9.17) is 9.26 Å². The minimum absolute atomic E-state index is 0.00562. The first-order valence-electron chi connectivity index (χ1n) is 10.5. The number of benzene rings is 2. The lowest BCUT2D eigenvalue weighted by molar-refractivity contribution is -0.143. The van der Waals surface area contributed by atoms with Crippen molar-refractivity contribution in [3.63, 3.8) is 0 Å². The monoisotopic (exact) mass is 499 g/mol. The molecule has 0 spiro atoms. The van der Waals surface area contributed by atoms with E-state index in [0.717, 1.165) is 0 Å². The van der Waals surface area contributed by atoms with Gasteiger partial charge in [0.15, 0.2) is 0 Å². The Labute approximate surface area is 195 Å². The van der Waals surface area contributed by atoms with Gasteiger partial charge in [-0.3, -0.25) is 4.79 Å². The second kappa shape index (κ2) is 9.23. The average Bonchev–Trinajstić information content (AvgIpc) is 3.33. The number of aromatic nitrogens is 2. The number of hydrogen-bond donors (Lipinski definition) is 0. The summed E-state index contributed by atoms with van der Waals surface area (Å²) < 4.78 is 89.6.